The fourth-order valence-electron chi connectivity index (χ4n) is 1.65. The Hall–Kier alpha value is -0.570. The quantitative estimate of drug-likeness (QED) is 0.712. The van der Waals surface area contributed by atoms with Crippen molar-refractivity contribution in [1.29, 1.82) is 0 Å². The summed E-state index contributed by atoms with van der Waals surface area (Å²) < 4.78 is 0. The van der Waals surface area contributed by atoms with Crippen LogP contribution in [0.15, 0.2) is 0 Å². The Kier molecular flexibility index (Phi) is 3.72. The zero-order valence-electron chi connectivity index (χ0n) is 8.84. The number of rotatable bonds is 4. The van der Waals surface area contributed by atoms with Crippen LogP contribution in [0.25, 0.3) is 0 Å². The number of hydrogen-bond donors (Lipinski definition) is 1. The van der Waals surface area contributed by atoms with Crippen LogP contribution in [-0.2, 0) is 4.79 Å². The van der Waals surface area contributed by atoms with Crippen LogP contribution in [0.3, 0.4) is 0 Å². The topological polar surface area (TPSA) is 32.3 Å². The normalized spacial score (nSPS) is 25.3. The summed E-state index contributed by atoms with van der Waals surface area (Å²) in [7, 11) is 0. The van der Waals surface area contributed by atoms with Gasteiger partial charge in [-0.25, -0.2) is 0 Å². The highest BCUT2D eigenvalue weighted by atomic mass is 16.2. The highest BCUT2D eigenvalue weighted by Gasteiger charge is 2.29. The van der Waals surface area contributed by atoms with Gasteiger partial charge in [0.25, 0.3) is 0 Å². The molecule has 0 aromatic carbocycles. The van der Waals surface area contributed by atoms with E-state index in [1.165, 1.54) is 0 Å². The predicted molar refractivity (Wildman–Crippen MR) is 53.2 cm³/mol. The van der Waals surface area contributed by atoms with Gasteiger partial charge in [-0.15, -0.1) is 0 Å². The fraction of sp³-hybridized carbons (Fsp3) is 0.900. The predicted octanol–water partition coefficient (Wildman–Crippen LogP) is 1.20. The number of carbonyl (C=O) groups excluding carboxylic acids is 1. The van der Waals surface area contributed by atoms with Gasteiger partial charge in [-0.2, -0.15) is 0 Å². The second kappa shape index (κ2) is 4.61. The van der Waals surface area contributed by atoms with Crippen molar-refractivity contribution in [2.45, 2.75) is 39.8 Å². The van der Waals surface area contributed by atoms with E-state index in [1.54, 1.807) is 0 Å². The largest absolute Gasteiger partial charge is 0.326 e. The lowest BCUT2D eigenvalue weighted by Gasteiger charge is -2.25. The molecule has 76 valence electrons. The average molecular weight is 184 g/mol. The molecule has 0 aromatic rings. The van der Waals surface area contributed by atoms with Crippen molar-refractivity contribution in [2.75, 3.05) is 13.1 Å². The molecule has 1 heterocycles. The van der Waals surface area contributed by atoms with Crippen LogP contribution in [0.2, 0.25) is 0 Å². The molecule has 1 N–H and O–H groups in total. The Balaban J connectivity index is 2.49. The third-order valence-electron chi connectivity index (χ3n) is 2.78. The summed E-state index contributed by atoms with van der Waals surface area (Å²) in [4.78, 5) is 13.4. The maximum atomic E-state index is 11.5. The molecule has 2 unspecified atom stereocenters. The molecule has 0 aliphatic carbocycles. The van der Waals surface area contributed by atoms with Crippen molar-refractivity contribution in [3.8, 4) is 0 Å². The van der Waals surface area contributed by atoms with Gasteiger partial charge in [-0.05, 0) is 12.3 Å². The molecule has 1 aliphatic heterocycles. The molecule has 3 heteroatoms. The monoisotopic (exact) mass is 184 g/mol. The Morgan fingerprint density at radius 2 is 2.31 bits per heavy atom. The van der Waals surface area contributed by atoms with Gasteiger partial charge in [0.1, 0.15) is 0 Å². The SMILES string of the molecule is CCC(C)CN1C(=O)CNC1CC. The molecule has 0 aromatic heterocycles. The molecular formula is C10H20N2O. The number of carbonyl (C=O) groups is 1. The van der Waals surface area contributed by atoms with Gasteiger partial charge in [0.15, 0.2) is 0 Å². The molecule has 1 fully saturated rings. The number of nitrogens with zero attached hydrogens (tertiary/aromatic N) is 1. The molecule has 0 spiro atoms. The molecule has 1 amide bonds. The maximum Gasteiger partial charge on any atom is 0.237 e. The summed E-state index contributed by atoms with van der Waals surface area (Å²) in [6, 6.07) is 0. The van der Waals surface area contributed by atoms with Gasteiger partial charge < -0.3 is 4.90 Å². The Labute approximate surface area is 80.5 Å². The van der Waals surface area contributed by atoms with E-state index in [9.17, 15) is 4.79 Å². The molecule has 13 heavy (non-hydrogen) atoms. The zero-order chi connectivity index (χ0) is 9.84. The second-order valence-corrected chi connectivity index (χ2v) is 3.86. The van der Waals surface area contributed by atoms with Crippen LogP contribution in [0.1, 0.15) is 33.6 Å². The van der Waals surface area contributed by atoms with E-state index in [0.717, 1.165) is 19.4 Å². The van der Waals surface area contributed by atoms with E-state index in [2.05, 4.69) is 26.1 Å². The standard InChI is InChI=1S/C10H20N2O/c1-4-8(3)7-12-9(5-2)11-6-10(12)13/h8-9,11H,4-7H2,1-3H3. The Morgan fingerprint density at radius 1 is 1.62 bits per heavy atom. The third kappa shape index (κ3) is 2.44. The highest BCUT2D eigenvalue weighted by Crippen LogP contribution is 2.12. The Bertz CT molecular complexity index is 182. The van der Waals surface area contributed by atoms with E-state index >= 15 is 0 Å². The molecular weight excluding hydrogens is 164 g/mol. The van der Waals surface area contributed by atoms with Crippen LogP contribution >= 0.6 is 0 Å². The van der Waals surface area contributed by atoms with E-state index in [-0.39, 0.29) is 12.1 Å². The number of nitrogens with one attached hydrogen (secondary N) is 1. The van der Waals surface area contributed by atoms with Gasteiger partial charge >= 0.3 is 0 Å². The molecule has 0 radical (unpaired) electrons. The lowest BCUT2D eigenvalue weighted by Crippen LogP contribution is -2.39. The van der Waals surface area contributed by atoms with Gasteiger partial charge in [0, 0.05) is 6.54 Å². The maximum absolute atomic E-state index is 11.5. The van der Waals surface area contributed by atoms with Crippen molar-refractivity contribution >= 4 is 5.91 Å². The van der Waals surface area contributed by atoms with E-state index < -0.39 is 0 Å². The van der Waals surface area contributed by atoms with E-state index in [1.807, 2.05) is 4.90 Å². The third-order valence-corrected chi connectivity index (χ3v) is 2.78. The van der Waals surface area contributed by atoms with Gasteiger partial charge in [-0.3, -0.25) is 10.1 Å². The van der Waals surface area contributed by atoms with Crippen molar-refractivity contribution in [3.05, 3.63) is 0 Å². The van der Waals surface area contributed by atoms with Gasteiger partial charge in [0.2, 0.25) is 5.91 Å². The minimum atomic E-state index is 0.257. The van der Waals surface area contributed by atoms with Gasteiger partial charge in [0.05, 0.1) is 12.7 Å². The smallest absolute Gasteiger partial charge is 0.237 e. The summed E-state index contributed by atoms with van der Waals surface area (Å²) >= 11 is 0. The van der Waals surface area contributed by atoms with Crippen molar-refractivity contribution in [3.63, 3.8) is 0 Å². The first-order chi connectivity index (χ1) is 6.19. The van der Waals surface area contributed by atoms with E-state index in [4.69, 9.17) is 0 Å². The van der Waals surface area contributed by atoms with Crippen LogP contribution < -0.4 is 5.32 Å². The zero-order valence-corrected chi connectivity index (χ0v) is 8.84. The average Bonchev–Trinajstić information content (AvgIpc) is 2.48. The van der Waals surface area contributed by atoms with Crippen LogP contribution in [-0.4, -0.2) is 30.1 Å². The summed E-state index contributed by atoms with van der Waals surface area (Å²) in [5, 5.41) is 3.21. The van der Waals surface area contributed by atoms with Crippen LogP contribution in [0.5, 0.6) is 0 Å². The lowest BCUT2D eigenvalue weighted by atomic mass is 10.1. The van der Waals surface area contributed by atoms with Crippen LogP contribution in [0, 0.1) is 5.92 Å². The van der Waals surface area contributed by atoms with Crippen molar-refractivity contribution in [2.24, 2.45) is 5.92 Å². The molecule has 1 aliphatic rings. The van der Waals surface area contributed by atoms with Gasteiger partial charge in [-0.1, -0.05) is 27.2 Å². The summed E-state index contributed by atoms with van der Waals surface area (Å²) in [5.74, 6) is 0.866. The van der Waals surface area contributed by atoms with Crippen LogP contribution in [0.4, 0.5) is 0 Å². The molecule has 0 saturated carbocycles. The number of hydrogen-bond acceptors (Lipinski definition) is 2. The second-order valence-electron chi connectivity index (χ2n) is 3.86. The highest BCUT2D eigenvalue weighted by molar-refractivity contribution is 5.80. The molecule has 1 saturated heterocycles. The molecule has 1 rings (SSSR count). The molecule has 3 nitrogen and oxygen atoms in total. The summed E-state index contributed by atoms with van der Waals surface area (Å²) in [5.41, 5.74) is 0. The first-order valence-corrected chi connectivity index (χ1v) is 5.21. The van der Waals surface area contributed by atoms with Crippen molar-refractivity contribution < 1.29 is 4.79 Å². The minimum Gasteiger partial charge on any atom is -0.326 e. The Morgan fingerprint density at radius 3 is 2.85 bits per heavy atom. The van der Waals surface area contributed by atoms with E-state index in [0.29, 0.717) is 12.5 Å². The first kappa shape index (κ1) is 10.5. The first-order valence-electron chi connectivity index (χ1n) is 5.21. The fourth-order valence-corrected chi connectivity index (χ4v) is 1.65. The molecule has 2 atom stereocenters. The number of amides is 1. The lowest BCUT2D eigenvalue weighted by molar-refractivity contribution is -0.128. The summed E-state index contributed by atoms with van der Waals surface area (Å²) in [6.07, 6.45) is 2.42. The van der Waals surface area contributed by atoms with Crippen molar-refractivity contribution in [1.82, 2.24) is 10.2 Å². The molecule has 0 bridgehead atoms. The summed E-state index contributed by atoms with van der Waals surface area (Å²) in [6.45, 7) is 7.90. The minimum absolute atomic E-state index is 0.257.